The average molecular weight is 520 g/mol. The lowest BCUT2D eigenvalue weighted by Gasteiger charge is -2.42. The molecule has 0 aliphatic carbocycles. The quantitative estimate of drug-likeness (QED) is 0.298. The topological polar surface area (TPSA) is 77.6 Å². The van der Waals surface area contributed by atoms with Crippen LogP contribution in [0, 0.1) is 11.7 Å². The van der Waals surface area contributed by atoms with Crippen molar-refractivity contribution in [2.45, 2.75) is 38.8 Å². The normalized spacial score (nSPS) is 18.8. The van der Waals surface area contributed by atoms with E-state index in [4.69, 9.17) is 16.3 Å². The lowest BCUT2D eigenvalue weighted by Crippen LogP contribution is -2.46. The molecule has 1 aliphatic rings. The number of hydrogen-bond acceptors (Lipinski definition) is 4. The van der Waals surface area contributed by atoms with E-state index in [1.165, 1.54) is 6.07 Å². The van der Waals surface area contributed by atoms with Crippen LogP contribution in [0.2, 0.25) is 5.02 Å². The van der Waals surface area contributed by atoms with Crippen LogP contribution in [-0.2, 0) is 11.2 Å². The summed E-state index contributed by atoms with van der Waals surface area (Å²) in [7, 11) is 0. The van der Waals surface area contributed by atoms with Crippen molar-refractivity contribution in [2.75, 3.05) is 32.9 Å². The highest BCUT2D eigenvalue weighted by molar-refractivity contribution is 6.31. The molecule has 3 atom stereocenters. The number of carboxylic acids is 1. The van der Waals surface area contributed by atoms with Gasteiger partial charge >= 0.3 is 5.97 Å². The first-order valence-electron chi connectivity index (χ1n) is 12.3. The minimum absolute atomic E-state index is 0.0525. The second kappa shape index (κ2) is 11.6. The molecule has 0 fully saturated rings. The summed E-state index contributed by atoms with van der Waals surface area (Å²) in [6, 6.07) is 10.4. The van der Waals surface area contributed by atoms with Crippen molar-refractivity contribution < 1.29 is 23.4 Å². The van der Waals surface area contributed by atoms with Gasteiger partial charge in [-0.05, 0) is 50.1 Å². The van der Waals surface area contributed by atoms with Gasteiger partial charge in [-0.15, -0.1) is 0 Å². The fourth-order valence-electron chi connectivity index (χ4n) is 4.96. The van der Waals surface area contributed by atoms with Gasteiger partial charge in [0.2, 0.25) is 0 Å². The number of rotatable bonds is 11. The Morgan fingerprint density at radius 2 is 2.08 bits per heavy atom. The van der Waals surface area contributed by atoms with Crippen molar-refractivity contribution in [3.63, 3.8) is 0 Å². The van der Waals surface area contributed by atoms with Gasteiger partial charge in [0.05, 0.1) is 18.6 Å². The molecule has 1 aliphatic heterocycles. The van der Waals surface area contributed by atoms with E-state index in [1.54, 1.807) is 13.0 Å². The van der Waals surface area contributed by atoms with Gasteiger partial charge in [0.15, 0.2) is 11.6 Å². The predicted octanol–water partition coefficient (Wildman–Crippen LogP) is 5.35. The number of hydrogen-bond donors (Lipinski definition) is 3. The molecule has 0 saturated carbocycles. The van der Waals surface area contributed by atoms with E-state index in [-0.39, 0.29) is 35.5 Å². The van der Waals surface area contributed by atoms with Crippen molar-refractivity contribution in [3.05, 3.63) is 64.1 Å². The first kappa shape index (κ1) is 26.4. The second-order valence-electron chi connectivity index (χ2n) is 9.37. The molecule has 0 spiro atoms. The van der Waals surface area contributed by atoms with Crippen molar-refractivity contribution in [2.24, 2.45) is 5.92 Å². The molecular weight excluding hydrogens is 488 g/mol. The number of H-pyrrole nitrogens is 1. The zero-order valence-corrected chi connectivity index (χ0v) is 21.2. The van der Waals surface area contributed by atoms with Gasteiger partial charge < -0.3 is 20.1 Å². The minimum atomic E-state index is -0.910. The molecule has 3 N–H and O–H groups in total. The maximum absolute atomic E-state index is 16.1. The fraction of sp³-hybridized carbons (Fsp3) is 0.444. The van der Waals surface area contributed by atoms with Crippen LogP contribution in [-0.4, -0.2) is 59.9 Å². The number of halogens is 3. The summed E-state index contributed by atoms with van der Waals surface area (Å²) in [5.74, 6) is -2.06. The van der Waals surface area contributed by atoms with E-state index in [1.807, 2.05) is 36.1 Å². The highest BCUT2D eigenvalue weighted by atomic mass is 35.5. The summed E-state index contributed by atoms with van der Waals surface area (Å²) in [6.45, 7) is 4.70. The van der Waals surface area contributed by atoms with E-state index in [9.17, 15) is 14.3 Å². The predicted molar refractivity (Wildman–Crippen MR) is 137 cm³/mol. The third-order valence-electron chi connectivity index (χ3n) is 6.81. The number of aromatic nitrogens is 1. The van der Waals surface area contributed by atoms with Gasteiger partial charge in [0.25, 0.3) is 0 Å². The third kappa shape index (κ3) is 5.36. The number of fused-ring (bicyclic) bond motifs is 3. The Balaban J connectivity index is 1.75. The Labute approximate surface area is 214 Å². The van der Waals surface area contributed by atoms with E-state index >= 15 is 4.39 Å². The molecule has 0 amide bonds. The van der Waals surface area contributed by atoms with Crippen molar-refractivity contribution >= 4 is 28.5 Å². The molecule has 36 heavy (non-hydrogen) atoms. The Morgan fingerprint density at radius 3 is 2.83 bits per heavy atom. The van der Waals surface area contributed by atoms with Crippen LogP contribution in [0.1, 0.15) is 43.1 Å². The number of aromatic amines is 1. The number of carbonyl (C=O) groups is 1. The summed E-state index contributed by atoms with van der Waals surface area (Å²) in [6.07, 6.45) is 1.11. The summed E-state index contributed by atoms with van der Waals surface area (Å²) in [4.78, 5) is 17.2. The van der Waals surface area contributed by atoms with E-state index < -0.39 is 30.4 Å². The molecule has 0 bridgehead atoms. The monoisotopic (exact) mass is 519 g/mol. The van der Waals surface area contributed by atoms with Crippen LogP contribution in [0.25, 0.3) is 10.9 Å². The van der Waals surface area contributed by atoms with Gasteiger partial charge in [0.1, 0.15) is 6.61 Å². The molecule has 0 radical (unpaired) electrons. The van der Waals surface area contributed by atoms with E-state index in [2.05, 4.69) is 10.3 Å². The molecule has 194 valence electrons. The Morgan fingerprint density at radius 1 is 1.31 bits per heavy atom. The third-order valence-corrected chi connectivity index (χ3v) is 7.14. The fourth-order valence-corrected chi connectivity index (χ4v) is 5.21. The van der Waals surface area contributed by atoms with Gasteiger partial charge in [-0.3, -0.25) is 14.1 Å². The second-order valence-corrected chi connectivity index (χ2v) is 9.78. The highest BCUT2D eigenvalue weighted by Gasteiger charge is 2.40. The standard InChI is InChI=1S/C27H32ClF2N3O3/c1-16(27(34)35)15-33-17(2)14-19-18-6-3-4-7-21(18)32-25(19)26(33)23-20(28)8-9-22(24(23)30)36-13-12-31-11-5-10-29/h3-4,6-9,16-17,26,31-32H,5,10-15H2,1-2H3,(H,34,35)/t16?,17-,26-/m1/s1. The summed E-state index contributed by atoms with van der Waals surface area (Å²) in [5, 5.41) is 14.0. The number of nitrogens with zero attached hydrogens (tertiary/aromatic N) is 1. The minimum Gasteiger partial charge on any atom is -0.489 e. The molecule has 1 unspecified atom stereocenters. The van der Waals surface area contributed by atoms with Gasteiger partial charge in [-0.2, -0.15) is 0 Å². The first-order valence-corrected chi connectivity index (χ1v) is 12.7. The molecule has 1 aromatic heterocycles. The largest absolute Gasteiger partial charge is 0.489 e. The van der Waals surface area contributed by atoms with Crippen molar-refractivity contribution in [1.29, 1.82) is 0 Å². The van der Waals surface area contributed by atoms with Crippen molar-refractivity contribution in [1.82, 2.24) is 15.2 Å². The molecule has 2 heterocycles. The Kier molecular flexibility index (Phi) is 8.49. The van der Waals surface area contributed by atoms with Crippen LogP contribution in [0.5, 0.6) is 5.75 Å². The average Bonchev–Trinajstić information content (AvgIpc) is 3.22. The molecule has 0 saturated heterocycles. The number of nitrogens with one attached hydrogen (secondary N) is 2. The molecule has 2 aromatic carbocycles. The highest BCUT2D eigenvalue weighted by Crippen LogP contribution is 2.45. The zero-order chi connectivity index (χ0) is 25.8. The maximum atomic E-state index is 16.1. The number of alkyl halides is 1. The molecule has 4 rings (SSSR count). The molecule has 6 nitrogen and oxygen atoms in total. The summed E-state index contributed by atoms with van der Waals surface area (Å²) < 4.78 is 34.0. The number of carboxylic acid groups (broad SMARTS) is 1. The van der Waals surface area contributed by atoms with Gasteiger partial charge in [0, 0.05) is 46.3 Å². The van der Waals surface area contributed by atoms with Crippen LogP contribution < -0.4 is 10.1 Å². The van der Waals surface area contributed by atoms with Crippen LogP contribution in [0.4, 0.5) is 8.78 Å². The summed E-state index contributed by atoms with van der Waals surface area (Å²) >= 11 is 6.63. The smallest absolute Gasteiger partial charge is 0.307 e. The number of benzene rings is 2. The Hall–Kier alpha value is -2.68. The Bertz CT molecular complexity index is 1220. The van der Waals surface area contributed by atoms with Crippen LogP contribution >= 0.6 is 11.6 Å². The van der Waals surface area contributed by atoms with Crippen molar-refractivity contribution in [3.8, 4) is 5.75 Å². The molecule has 9 heteroatoms. The zero-order valence-electron chi connectivity index (χ0n) is 20.5. The number of ether oxygens (including phenoxy) is 1. The van der Waals surface area contributed by atoms with E-state index in [0.29, 0.717) is 25.9 Å². The SMILES string of the molecule is CC(CN1[C@H](c2c(Cl)ccc(OCCNCCCF)c2F)c2[nH]c3ccccc3c2C[C@H]1C)C(=O)O. The van der Waals surface area contributed by atoms with Crippen LogP contribution in [0.15, 0.2) is 36.4 Å². The summed E-state index contributed by atoms with van der Waals surface area (Å²) in [5.41, 5.74) is 3.10. The molecule has 3 aromatic rings. The lowest BCUT2D eigenvalue weighted by atomic mass is 9.87. The maximum Gasteiger partial charge on any atom is 0.307 e. The number of aliphatic carboxylic acids is 1. The van der Waals surface area contributed by atoms with E-state index in [0.717, 1.165) is 22.2 Å². The van der Waals surface area contributed by atoms with Crippen LogP contribution in [0.3, 0.4) is 0 Å². The van der Waals surface area contributed by atoms with Gasteiger partial charge in [-0.25, -0.2) is 4.39 Å². The van der Waals surface area contributed by atoms with Gasteiger partial charge in [-0.1, -0.05) is 36.7 Å². The molecular formula is C27H32ClF2N3O3. The lowest BCUT2D eigenvalue weighted by molar-refractivity contribution is -0.142. The number of para-hydroxylation sites is 1. The first-order chi connectivity index (χ1) is 17.3.